The molecule has 0 bridgehead atoms. The van der Waals surface area contributed by atoms with Crippen molar-refractivity contribution >= 4 is 30.0 Å². The van der Waals surface area contributed by atoms with Crippen molar-refractivity contribution in [3.8, 4) is 22.6 Å². The number of hydrogen-bond donors (Lipinski definition) is 5. The second-order valence-electron chi connectivity index (χ2n) is 17.9. The van der Waals surface area contributed by atoms with Crippen LogP contribution in [0.4, 0.5) is 9.59 Å². The van der Waals surface area contributed by atoms with E-state index in [9.17, 15) is 29.1 Å². The summed E-state index contributed by atoms with van der Waals surface area (Å²) in [6.45, 7) is 0.693. The van der Waals surface area contributed by atoms with Crippen LogP contribution in [0.2, 0.25) is 0 Å². The molecule has 0 saturated heterocycles. The SMILES string of the molecule is CN[C@@H](CCCNC(=O)OCc1ccccc1)C(=O)N[C@@H](Cc1cc(OCc2ccccc2)cc(-c2ccc(OCc3ccccc3)c(C[C@H](NC(=O)OCc3ccccc3)C(=O)O)c2)c1)C(=O)OCc1ccccc1. The summed E-state index contributed by atoms with van der Waals surface area (Å²) in [5.74, 6) is -1.54. The molecular weight excluding hydrogens is 965 g/mol. The van der Waals surface area contributed by atoms with Crippen LogP contribution in [0.5, 0.6) is 11.5 Å². The normalized spacial score (nSPS) is 12.0. The van der Waals surface area contributed by atoms with E-state index in [4.69, 9.17) is 23.7 Å². The lowest BCUT2D eigenvalue weighted by atomic mass is 9.95. The van der Waals surface area contributed by atoms with Crippen molar-refractivity contribution in [2.24, 2.45) is 0 Å². The molecule has 0 aromatic heterocycles. The summed E-state index contributed by atoms with van der Waals surface area (Å²) < 4.78 is 29.3. The Morgan fingerprint density at radius 3 is 1.53 bits per heavy atom. The van der Waals surface area contributed by atoms with Crippen LogP contribution in [-0.4, -0.2) is 66.9 Å². The number of carboxylic acid groups (broad SMARTS) is 1. The molecule has 7 aromatic carbocycles. The fourth-order valence-electron chi connectivity index (χ4n) is 8.10. The summed E-state index contributed by atoms with van der Waals surface area (Å²) in [5, 5.41) is 21.7. The monoisotopic (exact) mass is 1030 g/mol. The zero-order chi connectivity index (χ0) is 53.3. The van der Waals surface area contributed by atoms with E-state index in [2.05, 4.69) is 21.3 Å². The Morgan fingerprint density at radius 1 is 0.474 bits per heavy atom. The van der Waals surface area contributed by atoms with E-state index >= 15 is 0 Å². The van der Waals surface area contributed by atoms with Gasteiger partial charge in [-0.3, -0.25) is 4.79 Å². The number of rotatable bonds is 27. The van der Waals surface area contributed by atoms with Crippen molar-refractivity contribution in [1.29, 1.82) is 0 Å². The summed E-state index contributed by atoms with van der Waals surface area (Å²) in [7, 11) is 1.65. The van der Waals surface area contributed by atoms with Crippen LogP contribution < -0.4 is 30.7 Å². The zero-order valence-corrected chi connectivity index (χ0v) is 42.2. The van der Waals surface area contributed by atoms with Crippen LogP contribution in [0.3, 0.4) is 0 Å². The number of nitrogens with one attached hydrogen (secondary N) is 4. The Balaban J connectivity index is 1.15. The number of amides is 3. The van der Waals surface area contributed by atoms with Crippen molar-refractivity contribution in [2.75, 3.05) is 13.6 Å². The molecule has 0 aliphatic rings. The van der Waals surface area contributed by atoms with E-state index < -0.39 is 48.2 Å². The van der Waals surface area contributed by atoms with Gasteiger partial charge >= 0.3 is 24.1 Å². The fourth-order valence-corrected chi connectivity index (χ4v) is 8.10. The average molecular weight is 1030 g/mol. The molecule has 76 heavy (non-hydrogen) atoms. The number of esters is 1. The smallest absolute Gasteiger partial charge is 0.408 e. The molecular formula is C61H62N4O11. The Labute approximate surface area is 442 Å². The second kappa shape index (κ2) is 29.1. The van der Waals surface area contributed by atoms with Gasteiger partial charge in [0.25, 0.3) is 0 Å². The minimum atomic E-state index is -1.40. The zero-order valence-electron chi connectivity index (χ0n) is 42.2. The number of hydrogen-bond acceptors (Lipinski definition) is 11. The summed E-state index contributed by atoms with van der Waals surface area (Å²) in [6.07, 6.45) is -0.918. The highest BCUT2D eigenvalue weighted by Crippen LogP contribution is 2.33. The molecule has 3 atom stereocenters. The van der Waals surface area contributed by atoms with Crippen LogP contribution in [-0.2, 0) is 74.5 Å². The molecule has 5 N–H and O–H groups in total. The molecule has 0 unspecified atom stereocenters. The standard InChI is InChI=1S/C61H62N4O11/c1-62-53(28-17-31-63-60(70)75-41-46-24-13-5-14-25-46)57(66)64-55(59(69)74-40-45-22-11-4-12-23-45)34-48-32-50(36-52(33-48)72-38-43-18-7-2-8-19-43)49-29-30-56(73-39-44-20-9-3-10-21-44)51(35-49)37-54(58(67)68)65-61(71)76-42-47-26-15-6-16-27-47/h2-16,18-27,29-30,32-33,35-36,53-55,62H,17,28,31,34,37-42H2,1H3,(H,63,70)(H,64,66)(H,65,71)(H,67,68)/t53-,54-,55-/m0/s1. The van der Waals surface area contributed by atoms with Gasteiger partial charge in [0.05, 0.1) is 6.04 Å². The van der Waals surface area contributed by atoms with Gasteiger partial charge in [-0.2, -0.15) is 0 Å². The third-order valence-corrected chi connectivity index (χ3v) is 12.2. The predicted octanol–water partition coefficient (Wildman–Crippen LogP) is 9.50. The maximum absolute atomic E-state index is 14.2. The van der Waals surface area contributed by atoms with Gasteiger partial charge in [-0.25, -0.2) is 19.2 Å². The topological polar surface area (TPSA) is 200 Å². The minimum Gasteiger partial charge on any atom is -0.489 e. The average Bonchev–Trinajstić information content (AvgIpc) is 3.45. The fraction of sp³-hybridized carbons (Fsp3) is 0.230. The lowest BCUT2D eigenvalue weighted by Crippen LogP contribution is -2.50. The molecule has 0 aliphatic carbocycles. The molecule has 7 rings (SSSR count). The lowest BCUT2D eigenvalue weighted by Gasteiger charge is -2.23. The molecule has 0 fully saturated rings. The summed E-state index contributed by atoms with van der Waals surface area (Å²) in [4.78, 5) is 66.5. The van der Waals surface area contributed by atoms with Gasteiger partial charge in [-0.1, -0.05) is 164 Å². The molecule has 7 aromatic rings. The van der Waals surface area contributed by atoms with Gasteiger partial charge in [0.1, 0.15) is 56.6 Å². The number of carbonyl (C=O) groups is 5. The first-order chi connectivity index (χ1) is 37.1. The van der Waals surface area contributed by atoms with E-state index in [1.807, 2.05) is 158 Å². The Kier molecular flexibility index (Phi) is 21.0. The Bertz CT molecular complexity index is 2950. The van der Waals surface area contributed by atoms with Crippen LogP contribution in [0.25, 0.3) is 11.1 Å². The number of aliphatic carboxylic acids is 1. The van der Waals surface area contributed by atoms with Gasteiger partial charge < -0.3 is 50.1 Å². The number of carbonyl (C=O) groups excluding carboxylic acids is 4. The van der Waals surface area contributed by atoms with Crippen LogP contribution in [0.1, 0.15) is 51.8 Å². The second-order valence-corrected chi connectivity index (χ2v) is 17.9. The number of benzene rings is 7. The number of carboxylic acids is 1. The summed E-state index contributed by atoms with van der Waals surface area (Å²) in [6, 6.07) is 54.3. The van der Waals surface area contributed by atoms with Gasteiger partial charge in [0, 0.05) is 19.4 Å². The van der Waals surface area contributed by atoms with E-state index in [1.165, 1.54) is 0 Å². The van der Waals surface area contributed by atoms with Crippen LogP contribution in [0, 0.1) is 0 Å². The van der Waals surface area contributed by atoms with Gasteiger partial charge in [-0.15, -0.1) is 0 Å². The quantitative estimate of drug-likeness (QED) is 0.0186. The molecule has 15 heteroatoms. The van der Waals surface area contributed by atoms with Crippen molar-refractivity contribution < 1.29 is 52.8 Å². The lowest BCUT2D eigenvalue weighted by molar-refractivity contribution is -0.149. The number of alkyl carbamates (subject to hydrolysis) is 2. The first-order valence-electron chi connectivity index (χ1n) is 25.0. The summed E-state index contributed by atoms with van der Waals surface area (Å²) in [5.41, 5.74) is 6.54. The maximum Gasteiger partial charge on any atom is 0.408 e. The largest absolute Gasteiger partial charge is 0.489 e. The van der Waals surface area contributed by atoms with E-state index in [0.29, 0.717) is 46.6 Å². The molecule has 0 aliphatic heterocycles. The van der Waals surface area contributed by atoms with E-state index in [0.717, 1.165) is 27.8 Å². The first-order valence-corrected chi connectivity index (χ1v) is 25.0. The predicted molar refractivity (Wildman–Crippen MR) is 287 cm³/mol. The summed E-state index contributed by atoms with van der Waals surface area (Å²) >= 11 is 0. The van der Waals surface area contributed by atoms with Crippen molar-refractivity contribution in [2.45, 2.75) is 76.8 Å². The number of likely N-dealkylation sites (N-methyl/N-ethyl adjacent to an activating group) is 1. The van der Waals surface area contributed by atoms with E-state index in [1.54, 1.807) is 37.4 Å². The molecule has 15 nitrogen and oxygen atoms in total. The number of ether oxygens (including phenoxy) is 5. The minimum absolute atomic E-state index is 0.0125. The highest BCUT2D eigenvalue weighted by atomic mass is 16.6. The molecule has 0 spiro atoms. The van der Waals surface area contributed by atoms with Crippen LogP contribution in [0.15, 0.2) is 188 Å². The first kappa shape index (κ1) is 54.8. The Morgan fingerprint density at radius 2 is 0.987 bits per heavy atom. The third kappa shape index (κ3) is 17.9. The van der Waals surface area contributed by atoms with Crippen molar-refractivity contribution in [3.63, 3.8) is 0 Å². The van der Waals surface area contributed by atoms with Gasteiger partial charge in [0.15, 0.2) is 0 Å². The maximum atomic E-state index is 14.2. The van der Waals surface area contributed by atoms with Crippen LogP contribution >= 0.6 is 0 Å². The molecule has 392 valence electrons. The Hall–Kier alpha value is -8.95. The van der Waals surface area contributed by atoms with Crippen molar-refractivity contribution in [1.82, 2.24) is 21.3 Å². The molecule has 0 heterocycles. The third-order valence-electron chi connectivity index (χ3n) is 12.2. The molecule has 3 amide bonds. The molecule has 0 radical (unpaired) electrons. The highest BCUT2D eigenvalue weighted by Gasteiger charge is 2.28. The highest BCUT2D eigenvalue weighted by molar-refractivity contribution is 5.88. The van der Waals surface area contributed by atoms with Crippen molar-refractivity contribution in [3.05, 3.63) is 227 Å². The molecule has 0 saturated carbocycles. The van der Waals surface area contributed by atoms with Gasteiger partial charge in [0.2, 0.25) is 5.91 Å². The van der Waals surface area contributed by atoms with Gasteiger partial charge in [-0.05, 0) is 94.2 Å². The van der Waals surface area contributed by atoms with E-state index in [-0.39, 0.29) is 52.4 Å².